The largest absolute Gasteiger partial charge is 0.335 e. The normalized spacial score (nSPS) is 11.7. The van der Waals surface area contributed by atoms with Crippen molar-refractivity contribution in [2.45, 2.75) is 17.1 Å². The second-order valence-corrected chi connectivity index (χ2v) is 8.14. The topological polar surface area (TPSA) is 49.4 Å². The summed E-state index contributed by atoms with van der Waals surface area (Å²) in [6, 6.07) is 14.7. The van der Waals surface area contributed by atoms with Crippen molar-refractivity contribution in [2.24, 2.45) is 0 Å². The molecule has 132 valence electrons. The smallest absolute Gasteiger partial charge is 0.244 e. The molecule has 7 heteroatoms. The summed E-state index contributed by atoms with van der Waals surface area (Å²) in [6.45, 7) is 1.81. The van der Waals surface area contributed by atoms with Crippen LogP contribution in [0.3, 0.4) is 0 Å². The van der Waals surface area contributed by atoms with Crippen LogP contribution in [0.2, 0.25) is 5.02 Å². The van der Waals surface area contributed by atoms with Gasteiger partial charge < -0.3 is 10.2 Å². The Labute approximate surface area is 165 Å². The van der Waals surface area contributed by atoms with Crippen molar-refractivity contribution in [3.05, 3.63) is 58.0 Å². The van der Waals surface area contributed by atoms with E-state index in [0.717, 1.165) is 9.37 Å². The van der Waals surface area contributed by atoms with E-state index in [0.29, 0.717) is 10.7 Å². The average molecular weight is 442 g/mol. The molecule has 0 radical (unpaired) electrons. The molecule has 1 unspecified atom stereocenters. The Morgan fingerprint density at radius 2 is 1.84 bits per heavy atom. The number of carbonyl (C=O) groups is 2. The Balaban J connectivity index is 1.89. The van der Waals surface area contributed by atoms with E-state index in [1.54, 1.807) is 25.2 Å². The predicted octanol–water partition coefficient (Wildman–Crippen LogP) is 4.68. The lowest BCUT2D eigenvalue weighted by atomic mass is 10.3. The van der Waals surface area contributed by atoms with Crippen LogP contribution in [0.4, 0.5) is 5.69 Å². The highest BCUT2D eigenvalue weighted by Crippen LogP contribution is 2.26. The first-order valence-electron chi connectivity index (χ1n) is 7.58. The number of hydrogen-bond donors (Lipinski definition) is 1. The van der Waals surface area contributed by atoms with Crippen LogP contribution in [-0.4, -0.2) is 35.6 Å². The maximum atomic E-state index is 12.5. The van der Waals surface area contributed by atoms with E-state index < -0.39 is 0 Å². The first-order chi connectivity index (χ1) is 11.9. The minimum atomic E-state index is -0.303. The molecular formula is C18H18BrClN2O2S. The minimum Gasteiger partial charge on any atom is -0.335 e. The van der Waals surface area contributed by atoms with Gasteiger partial charge in [0.2, 0.25) is 11.8 Å². The molecule has 1 N–H and O–H groups in total. The van der Waals surface area contributed by atoms with Crippen molar-refractivity contribution < 1.29 is 9.59 Å². The molecule has 2 aromatic carbocycles. The molecular weight excluding hydrogens is 424 g/mol. The molecule has 0 bridgehead atoms. The van der Waals surface area contributed by atoms with E-state index in [1.165, 1.54) is 16.7 Å². The molecule has 0 fully saturated rings. The fourth-order valence-electron chi connectivity index (χ4n) is 2.12. The Hall–Kier alpha value is -1.50. The maximum absolute atomic E-state index is 12.5. The highest BCUT2D eigenvalue weighted by atomic mass is 79.9. The van der Waals surface area contributed by atoms with E-state index in [9.17, 15) is 9.59 Å². The number of halogens is 2. The monoisotopic (exact) mass is 440 g/mol. The summed E-state index contributed by atoms with van der Waals surface area (Å²) in [6.07, 6.45) is 0. The molecule has 4 nitrogen and oxygen atoms in total. The number of anilines is 1. The number of benzene rings is 2. The summed E-state index contributed by atoms with van der Waals surface area (Å²) in [5, 5.41) is 3.14. The summed E-state index contributed by atoms with van der Waals surface area (Å²) >= 11 is 10.7. The molecule has 25 heavy (non-hydrogen) atoms. The summed E-state index contributed by atoms with van der Waals surface area (Å²) in [5.41, 5.74) is 0.678. The van der Waals surface area contributed by atoms with Gasteiger partial charge in [0.05, 0.1) is 17.5 Å². The van der Waals surface area contributed by atoms with Crippen LogP contribution in [0, 0.1) is 0 Å². The number of carbonyl (C=O) groups excluding carboxylic acids is 2. The number of likely N-dealkylation sites (N-methyl/N-ethyl adjacent to an activating group) is 1. The van der Waals surface area contributed by atoms with Gasteiger partial charge in [-0.3, -0.25) is 9.59 Å². The third kappa shape index (κ3) is 6.06. The number of para-hydroxylation sites is 1. The lowest BCUT2D eigenvalue weighted by Crippen LogP contribution is -2.38. The number of thioether (sulfide) groups is 1. The third-order valence-electron chi connectivity index (χ3n) is 3.38. The Morgan fingerprint density at radius 3 is 2.48 bits per heavy atom. The standard InChI is InChI=1S/C18H18BrClN2O2S/c1-12(25-14-9-7-13(20)8-10-14)18(24)22(2)11-17(23)21-16-6-4-3-5-15(16)19/h3-10,12H,11H2,1-2H3,(H,21,23). The second kappa shape index (κ2) is 9.27. The van der Waals surface area contributed by atoms with Gasteiger partial charge >= 0.3 is 0 Å². The predicted molar refractivity (Wildman–Crippen MR) is 107 cm³/mol. The van der Waals surface area contributed by atoms with E-state index >= 15 is 0 Å². The lowest BCUT2D eigenvalue weighted by Gasteiger charge is -2.21. The molecule has 0 heterocycles. The minimum absolute atomic E-state index is 0.00825. The lowest BCUT2D eigenvalue weighted by molar-refractivity contribution is -0.132. The highest BCUT2D eigenvalue weighted by Gasteiger charge is 2.20. The van der Waals surface area contributed by atoms with Crippen LogP contribution in [-0.2, 0) is 9.59 Å². The van der Waals surface area contributed by atoms with Crippen LogP contribution in [0.5, 0.6) is 0 Å². The van der Waals surface area contributed by atoms with Gasteiger partial charge in [0.25, 0.3) is 0 Å². The summed E-state index contributed by atoms with van der Waals surface area (Å²) in [7, 11) is 1.63. The molecule has 0 aliphatic carbocycles. The molecule has 2 aromatic rings. The van der Waals surface area contributed by atoms with Crippen molar-refractivity contribution >= 4 is 56.8 Å². The highest BCUT2D eigenvalue weighted by molar-refractivity contribution is 9.10. The van der Waals surface area contributed by atoms with Gasteiger partial charge in [-0.15, -0.1) is 11.8 Å². The fourth-order valence-corrected chi connectivity index (χ4v) is 3.62. The zero-order chi connectivity index (χ0) is 18.4. The number of amides is 2. The number of rotatable bonds is 6. The summed E-state index contributed by atoms with van der Waals surface area (Å²) < 4.78 is 0.795. The first-order valence-corrected chi connectivity index (χ1v) is 9.63. The van der Waals surface area contributed by atoms with Gasteiger partial charge in [0, 0.05) is 21.4 Å². The molecule has 0 spiro atoms. The van der Waals surface area contributed by atoms with Gasteiger partial charge in [0.1, 0.15) is 0 Å². The van der Waals surface area contributed by atoms with E-state index in [4.69, 9.17) is 11.6 Å². The zero-order valence-electron chi connectivity index (χ0n) is 13.8. The van der Waals surface area contributed by atoms with E-state index in [-0.39, 0.29) is 23.6 Å². The second-order valence-electron chi connectivity index (χ2n) is 5.44. The van der Waals surface area contributed by atoms with E-state index in [2.05, 4.69) is 21.2 Å². The summed E-state index contributed by atoms with van der Waals surface area (Å²) in [4.78, 5) is 27.0. The van der Waals surface area contributed by atoms with E-state index in [1.807, 2.05) is 37.3 Å². The third-order valence-corrected chi connectivity index (χ3v) is 5.42. The Bertz CT molecular complexity index is 755. The van der Waals surface area contributed by atoms with Crippen molar-refractivity contribution in [1.82, 2.24) is 4.90 Å². The van der Waals surface area contributed by atoms with Gasteiger partial charge in [-0.1, -0.05) is 23.7 Å². The quantitative estimate of drug-likeness (QED) is 0.662. The van der Waals surface area contributed by atoms with Crippen LogP contribution in [0.15, 0.2) is 57.9 Å². The molecule has 1 atom stereocenters. The Morgan fingerprint density at radius 1 is 1.20 bits per heavy atom. The molecule has 2 amide bonds. The van der Waals surface area contributed by atoms with Gasteiger partial charge in [-0.2, -0.15) is 0 Å². The molecule has 0 aliphatic heterocycles. The molecule has 2 rings (SSSR count). The van der Waals surface area contributed by atoms with Gasteiger partial charge in [-0.25, -0.2) is 0 Å². The maximum Gasteiger partial charge on any atom is 0.244 e. The van der Waals surface area contributed by atoms with Crippen LogP contribution < -0.4 is 5.32 Å². The van der Waals surface area contributed by atoms with Crippen molar-refractivity contribution in [2.75, 3.05) is 18.9 Å². The van der Waals surface area contributed by atoms with Crippen molar-refractivity contribution in [3.63, 3.8) is 0 Å². The van der Waals surface area contributed by atoms with Crippen LogP contribution in [0.1, 0.15) is 6.92 Å². The van der Waals surface area contributed by atoms with Crippen molar-refractivity contribution in [1.29, 1.82) is 0 Å². The molecule has 0 saturated carbocycles. The molecule has 0 aromatic heterocycles. The van der Waals surface area contributed by atoms with Gasteiger partial charge in [-0.05, 0) is 59.3 Å². The summed E-state index contributed by atoms with van der Waals surface area (Å²) in [5.74, 6) is -0.353. The molecule has 0 saturated heterocycles. The fraction of sp³-hybridized carbons (Fsp3) is 0.222. The number of hydrogen-bond acceptors (Lipinski definition) is 3. The SMILES string of the molecule is CC(Sc1ccc(Cl)cc1)C(=O)N(C)CC(=O)Nc1ccccc1Br. The van der Waals surface area contributed by atoms with Crippen LogP contribution in [0.25, 0.3) is 0 Å². The Kier molecular flexibility index (Phi) is 7.35. The number of nitrogens with one attached hydrogen (secondary N) is 1. The first kappa shape index (κ1) is 19.8. The number of nitrogens with zero attached hydrogens (tertiary/aromatic N) is 1. The zero-order valence-corrected chi connectivity index (χ0v) is 17.0. The van der Waals surface area contributed by atoms with Gasteiger partial charge in [0.15, 0.2) is 0 Å². The van der Waals surface area contributed by atoms with Crippen LogP contribution >= 0.6 is 39.3 Å². The average Bonchev–Trinajstić information content (AvgIpc) is 2.58. The van der Waals surface area contributed by atoms with Crippen molar-refractivity contribution in [3.8, 4) is 0 Å². The molecule has 0 aliphatic rings.